The van der Waals surface area contributed by atoms with Crippen LogP contribution in [0.4, 0.5) is 28.6 Å². The Bertz CT molecular complexity index is 2440. The minimum absolute atomic E-state index is 0. The molecule has 0 saturated carbocycles. The number of carbonyl (C=O) groups excluding carboxylic acids is 1. The van der Waals surface area contributed by atoms with E-state index >= 15 is 0 Å². The topological polar surface area (TPSA) is 251 Å². The highest BCUT2D eigenvalue weighted by molar-refractivity contribution is 5.89. The number of morpholine rings is 2. The van der Waals surface area contributed by atoms with Gasteiger partial charge in [-0.1, -0.05) is 0 Å². The molecule has 5 N–H and O–H groups in total. The number of piperidine rings is 2. The van der Waals surface area contributed by atoms with E-state index in [2.05, 4.69) is 54.2 Å². The van der Waals surface area contributed by atoms with Crippen LogP contribution < -0.4 is 26.6 Å². The molecule has 62 heavy (non-hydrogen) atoms. The molecule has 328 valence electrons. The third kappa shape index (κ3) is 8.94. The summed E-state index contributed by atoms with van der Waals surface area (Å²) >= 11 is 0. The molecule has 0 radical (unpaired) electrons. The number of hydrogen-bond donors (Lipinski definition) is 3. The largest absolute Gasteiger partial charge is 0.378 e. The number of anilines is 4. The molecule has 10 rings (SSSR count). The molecule has 0 bridgehead atoms. The van der Waals surface area contributed by atoms with Gasteiger partial charge in [-0.05, 0) is 38.8 Å². The van der Waals surface area contributed by atoms with Crippen LogP contribution in [0, 0.1) is 0 Å². The molecule has 0 spiro atoms. The average Bonchev–Trinajstić information content (AvgIpc) is 3.95. The molecule has 6 aromatic rings. The van der Waals surface area contributed by atoms with Gasteiger partial charge in [0, 0.05) is 101 Å². The van der Waals surface area contributed by atoms with Crippen LogP contribution in [-0.4, -0.2) is 168 Å². The number of hydrogen-bond acceptors (Lipinski definition) is 18. The number of amides is 2. The third-order valence-electron chi connectivity index (χ3n) is 11.5. The number of likely N-dealkylation sites (tertiary alicyclic amines) is 1. The quantitative estimate of drug-likeness (QED) is 0.217. The van der Waals surface area contributed by atoms with Crippen molar-refractivity contribution in [2.45, 2.75) is 37.8 Å². The summed E-state index contributed by atoms with van der Waals surface area (Å²) in [5.74, 6) is 1.78. The van der Waals surface area contributed by atoms with Crippen LogP contribution in [-0.2, 0) is 9.47 Å². The maximum Gasteiger partial charge on any atom is 0.319 e. The van der Waals surface area contributed by atoms with Gasteiger partial charge in [-0.3, -0.25) is 0 Å². The van der Waals surface area contributed by atoms with Gasteiger partial charge in [0.15, 0.2) is 11.3 Å². The predicted octanol–water partition coefficient (Wildman–Crippen LogP) is 2.07. The number of ether oxygens (including phenoxy) is 2. The first-order valence-corrected chi connectivity index (χ1v) is 20.8. The number of halogens is 1. The van der Waals surface area contributed by atoms with Crippen LogP contribution in [0.1, 0.15) is 37.8 Å². The molecular formula is C39H52ClN19O3. The van der Waals surface area contributed by atoms with Crippen molar-refractivity contribution in [3.63, 3.8) is 0 Å². The highest BCUT2D eigenvalue weighted by atomic mass is 35.5. The molecule has 22 nitrogen and oxygen atoms in total. The fourth-order valence-corrected chi connectivity index (χ4v) is 8.18. The Balaban J connectivity index is 0.000000170. The van der Waals surface area contributed by atoms with Crippen LogP contribution >= 0.6 is 12.4 Å². The highest BCUT2D eigenvalue weighted by Crippen LogP contribution is 2.33. The number of urea groups is 1. The summed E-state index contributed by atoms with van der Waals surface area (Å²) < 4.78 is 15.3. The van der Waals surface area contributed by atoms with E-state index in [0.29, 0.717) is 68.7 Å². The van der Waals surface area contributed by atoms with Crippen LogP contribution in [0.25, 0.3) is 44.8 Å². The second-order valence-electron chi connectivity index (χ2n) is 15.6. The minimum atomic E-state index is 0. The molecule has 0 aliphatic carbocycles. The molecule has 4 saturated heterocycles. The molecule has 4 aliphatic heterocycles. The Labute approximate surface area is 363 Å². The molecule has 6 aromatic heterocycles. The number of nitrogen functional groups attached to an aromatic ring is 2. The van der Waals surface area contributed by atoms with Gasteiger partial charge in [-0.2, -0.15) is 9.97 Å². The first kappa shape index (κ1) is 42.6. The van der Waals surface area contributed by atoms with E-state index < -0.39 is 0 Å². The second kappa shape index (κ2) is 18.9. The Morgan fingerprint density at radius 3 is 1.47 bits per heavy atom. The van der Waals surface area contributed by atoms with E-state index in [9.17, 15) is 4.79 Å². The lowest BCUT2D eigenvalue weighted by Gasteiger charge is -2.34. The number of fused-ring (bicyclic) bond motifs is 2. The first-order valence-electron chi connectivity index (χ1n) is 20.8. The average molecular weight is 870 g/mol. The lowest BCUT2D eigenvalue weighted by Crippen LogP contribution is -2.44. The Hall–Kier alpha value is -6.10. The number of rotatable bonds is 6. The molecule has 0 atom stereocenters. The monoisotopic (exact) mass is 869 g/mol. The Morgan fingerprint density at radius 1 is 0.629 bits per heavy atom. The molecule has 23 heteroatoms. The number of nitrogens with one attached hydrogen (secondary N) is 1. The molecule has 4 aliphatic rings. The van der Waals surface area contributed by atoms with Gasteiger partial charge < -0.3 is 55.0 Å². The third-order valence-corrected chi connectivity index (χ3v) is 11.5. The van der Waals surface area contributed by atoms with E-state index in [1.165, 1.54) is 0 Å². The first-order chi connectivity index (χ1) is 29.8. The van der Waals surface area contributed by atoms with Crippen molar-refractivity contribution in [3.8, 4) is 22.5 Å². The molecule has 10 heterocycles. The van der Waals surface area contributed by atoms with Crippen molar-refractivity contribution in [1.29, 1.82) is 0 Å². The smallest absolute Gasteiger partial charge is 0.319 e. The molecule has 4 fully saturated rings. The minimum Gasteiger partial charge on any atom is -0.378 e. The van der Waals surface area contributed by atoms with E-state index in [0.717, 1.165) is 98.6 Å². The van der Waals surface area contributed by atoms with Gasteiger partial charge >= 0.3 is 6.03 Å². The zero-order valence-electron chi connectivity index (χ0n) is 34.9. The van der Waals surface area contributed by atoms with Crippen LogP contribution in [0.5, 0.6) is 0 Å². The van der Waals surface area contributed by atoms with Crippen molar-refractivity contribution >= 4 is 64.6 Å². The summed E-state index contributed by atoms with van der Waals surface area (Å²) in [5.41, 5.74) is 17.4. The summed E-state index contributed by atoms with van der Waals surface area (Å²) in [7, 11) is 3.56. The van der Waals surface area contributed by atoms with Gasteiger partial charge in [-0.25, -0.2) is 44.7 Å². The van der Waals surface area contributed by atoms with Crippen molar-refractivity contribution in [1.82, 2.24) is 74.1 Å². The molecule has 2 amide bonds. The maximum atomic E-state index is 12.3. The molecular weight excluding hydrogens is 818 g/mol. The van der Waals surface area contributed by atoms with Gasteiger partial charge in [0.2, 0.25) is 23.8 Å². The summed E-state index contributed by atoms with van der Waals surface area (Å²) in [4.78, 5) is 65.5. The molecule has 0 aromatic carbocycles. The zero-order chi connectivity index (χ0) is 41.9. The summed E-state index contributed by atoms with van der Waals surface area (Å²) in [6, 6.07) is 0.630. The fraction of sp³-hybridized carbons (Fsp3) is 0.513. The van der Waals surface area contributed by atoms with E-state index in [-0.39, 0.29) is 36.4 Å². The number of imidazole rings is 2. The lowest BCUT2D eigenvalue weighted by molar-refractivity contribution is 0.122. The van der Waals surface area contributed by atoms with Crippen molar-refractivity contribution < 1.29 is 14.3 Å². The van der Waals surface area contributed by atoms with E-state index in [1.807, 2.05) is 17.6 Å². The Kier molecular flexibility index (Phi) is 13.0. The van der Waals surface area contributed by atoms with Gasteiger partial charge in [0.1, 0.15) is 22.4 Å². The maximum absolute atomic E-state index is 12.3. The van der Waals surface area contributed by atoms with Crippen LogP contribution in [0.2, 0.25) is 0 Å². The van der Waals surface area contributed by atoms with Crippen LogP contribution in [0.15, 0.2) is 37.4 Å². The number of carbonyl (C=O) groups is 1. The summed E-state index contributed by atoms with van der Waals surface area (Å²) in [5, 5.41) is 3.41. The number of nitrogens with two attached hydrogens (primary N) is 2. The summed E-state index contributed by atoms with van der Waals surface area (Å²) in [6.45, 7) is 9.01. The van der Waals surface area contributed by atoms with Gasteiger partial charge in [0.05, 0.1) is 39.1 Å². The number of nitrogens with zero attached hydrogens (tertiary/aromatic N) is 16. The van der Waals surface area contributed by atoms with E-state index in [4.69, 9.17) is 40.9 Å². The van der Waals surface area contributed by atoms with Gasteiger partial charge in [-0.15, -0.1) is 12.4 Å². The summed E-state index contributed by atoms with van der Waals surface area (Å²) in [6.07, 6.45) is 14.2. The SMILES string of the molecule is CN(C)C(=O)N1CCC(n2cnc3c(-c4cnc(N)nc4)nc(N4CCOCC4)nc32)CC1.Cl.Nc1ncc(-c2nc(N3CCOCC3)nc3c2ncn3C2CCNCC2)cn1. The van der Waals surface area contributed by atoms with Crippen molar-refractivity contribution in [3.05, 3.63) is 37.4 Å². The number of aromatic nitrogens is 12. The second-order valence-corrected chi connectivity index (χ2v) is 15.6. The Morgan fingerprint density at radius 2 is 1.05 bits per heavy atom. The van der Waals surface area contributed by atoms with Crippen molar-refractivity contribution in [2.24, 2.45) is 0 Å². The van der Waals surface area contributed by atoms with E-state index in [1.54, 1.807) is 43.8 Å². The van der Waals surface area contributed by atoms with Crippen molar-refractivity contribution in [2.75, 3.05) is 114 Å². The fourth-order valence-electron chi connectivity index (χ4n) is 8.18. The highest BCUT2D eigenvalue weighted by Gasteiger charge is 2.29. The lowest BCUT2D eigenvalue weighted by atomic mass is 10.1. The predicted molar refractivity (Wildman–Crippen MR) is 235 cm³/mol. The van der Waals surface area contributed by atoms with Crippen LogP contribution in [0.3, 0.4) is 0 Å². The normalized spacial score (nSPS) is 17.7. The standard InChI is InChI=1S/C21H28N10O2.C18H23N9O.ClH/c1-28(2)21(32)30-5-3-15(4-6-30)31-13-25-17-16(14-11-23-19(22)24-12-14)26-20(27-18(17)31)29-7-9-33-10-8-29;19-17-21-9-12(10-22-17)14-15-16(25-18(24-14)26-5-7-28-8-6-26)27(11-23-15)13-1-3-20-4-2-13;/h11-13,15H,3-10H2,1-2H3,(H2,22,23,24);9-11,13,20H,1-8H2,(H2,19,21,22);1H. The zero-order valence-corrected chi connectivity index (χ0v) is 35.7. The van der Waals surface area contributed by atoms with Gasteiger partial charge in [0.25, 0.3) is 0 Å². The molecule has 0 unspecified atom stereocenters.